The fourth-order valence-corrected chi connectivity index (χ4v) is 4.62. The molecule has 4 nitrogen and oxygen atoms in total. The summed E-state index contributed by atoms with van der Waals surface area (Å²) in [5.74, 6) is 0.00222. The molecule has 2 unspecified atom stereocenters. The van der Waals surface area contributed by atoms with Gasteiger partial charge in [0, 0.05) is 5.57 Å². The highest BCUT2D eigenvalue weighted by atomic mass is 32.2. The molecule has 0 bridgehead atoms. The van der Waals surface area contributed by atoms with E-state index < -0.39 is 32.9 Å². The van der Waals surface area contributed by atoms with Crippen molar-refractivity contribution in [3.8, 4) is 0 Å². The molecule has 0 aliphatic heterocycles. The van der Waals surface area contributed by atoms with Crippen molar-refractivity contribution < 1.29 is 17.5 Å². The lowest BCUT2D eigenvalue weighted by Gasteiger charge is -2.37. The van der Waals surface area contributed by atoms with Crippen LogP contribution in [-0.2, 0) is 14.8 Å². The van der Waals surface area contributed by atoms with E-state index in [0.717, 1.165) is 5.56 Å². The molecule has 136 valence electrons. The van der Waals surface area contributed by atoms with Crippen LogP contribution in [0, 0.1) is 5.92 Å². The molecule has 2 atom stereocenters. The highest BCUT2D eigenvalue weighted by Crippen LogP contribution is 2.40. The van der Waals surface area contributed by atoms with E-state index in [1.165, 1.54) is 13.2 Å². The van der Waals surface area contributed by atoms with Gasteiger partial charge in [-0.3, -0.25) is 0 Å². The molecule has 0 spiro atoms. The number of alkyl halides is 1. The Kier molecular flexibility index (Phi) is 4.77. The first-order valence-electron chi connectivity index (χ1n) is 8.52. The van der Waals surface area contributed by atoms with Crippen molar-refractivity contribution in [2.24, 2.45) is 5.92 Å². The van der Waals surface area contributed by atoms with Crippen LogP contribution in [0.1, 0.15) is 32.3 Å². The van der Waals surface area contributed by atoms with E-state index in [1.807, 2.05) is 30.3 Å². The van der Waals surface area contributed by atoms with Gasteiger partial charge in [-0.15, -0.1) is 0 Å². The fourth-order valence-electron chi connectivity index (χ4n) is 3.07. The third-order valence-electron chi connectivity index (χ3n) is 4.87. The molecule has 1 saturated carbocycles. The van der Waals surface area contributed by atoms with Gasteiger partial charge in [-0.25, -0.2) is 17.5 Å². The zero-order valence-corrected chi connectivity index (χ0v) is 15.5. The molecule has 1 N–H and O–H groups in total. The first-order chi connectivity index (χ1) is 11.8. The number of benzene rings is 1. The summed E-state index contributed by atoms with van der Waals surface area (Å²) < 4.78 is 48.6. The molecule has 0 aromatic heterocycles. The largest absolute Gasteiger partial charge is 0.496 e. The normalized spacial score (nSPS) is 27.0. The van der Waals surface area contributed by atoms with E-state index in [2.05, 4.69) is 4.72 Å². The van der Waals surface area contributed by atoms with Gasteiger partial charge < -0.3 is 4.74 Å². The van der Waals surface area contributed by atoms with Gasteiger partial charge in [0.05, 0.1) is 18.4 Å². The molecule has 0 saturated heterocycles. The molecule has 2 aliphatic carbocycles. The molecular weight excluding hydrogens is 341 g/mol. The van der Waals surface area contributed by atoms with Gasteiger partial charge in [0.2, 0.25) is 10.0 Å². The van der Waals surface area contributed by atoms with Crippen molar-refractivity contribution >= 4 is 15.6 Å². The molecule has 0 heterocycles. The summed E-state index contributed by atoms with van der Waals surface area (Å²) in [7, 11) is -2.03. The Bertz CT molecular complexity index is 797. The maximum atomic E-state index is 15.8. The van der Waals surface area contributed by atoms with Gasteiger partial charge in [0.25, 0.3) is 0 Å². The van der Waals surface area contributed by atoms with Crippen molar-refractivity contribution in [2.75, 3.05) is 7.11 Å². The van der Waals surface area contributed by atoms with Gasteiger partial charge in [-0.1, -0.05) is 50.3 Å². The Morgan fingerprint density at radius 3 is 2.40 bits per heavy atom. The van der Waals surface area contributed by atoms with Gasteiger partial charge in [-0.05, 0) is 30.4 Å². The first kappa shape index (κ1) is 18.1. The second-order valence-electron chi connectivity index (χ2n) is 6.98. The van der Waals surface area contributed by atoms with Crippen LogP contribution < -0.4 is 4.72 Å². The Hall–Kier alpha value is -1.66. The van der Waals surface area contributed by atoms with Crippen molar-refractivity contribution in [3.63, 3.8) is 0 Å². The predicted octanol–water partition coefficient (Wildman–Crippen LogP) is 3.43. The highest BCUT2D eigenvalue weighted by molar-refractivity contribution is 7.90. The number of rotatable bonds is 6. The molecule has 1 aromatic carbocycles. The van der Waals surface area contributed by atoms with Crippen molar-refractivity contribution in [1.29, 1.82) is 0 Å². The van der Waals surface area contributed by atoms with Crippen LogP contribution in [0.25, 0.3) is 5.57 Å². The number of sulfonamides is 1. The number of halogens is 1. The Labute approximate surface area is 148 Å². The lowest BCUT2D eigenvalue weighted by Crippen LogP contribution is -2.53. The Balaban J connectivity index is 2.05. The average molecular weight is 365 g/mol. The number of hydrogen-bond acceptors (Lipinski definition) is 3. The summed E-state index contributed by atoms with van der Waals surface area (Å²) in [5, 5.41) is -0.398. The van der Waals surface area contributed by atoms with Crippen LogP contribution in [0.4, 0.5) is 4.39 Å². The summed E-state index contributed by atoms with van der Waals surface area (Å²) in [6.07, 6.45) is 4.34. The summed E-state index contributed by atoms with van der Waals surface area (Å²) in [4.78, 5) is 0. The van der Waals surface area contributed by atoms with E-state index in [4.69, 9.17) is 4.74 Å². The molecule has 6 heteroatoms. The minimum absolute atomic E-state index is 0.398. The highest BCUT2D eigenvalue weighted by Gasteiger charge is 2.47. The number of ether oxygens (including phenoxy) is 1. The Morgan fingerprint density at radius 1 is 1.24 bits per heavy atom. The molecule has 2 aliphatic rings. The topological polar surface area (TPSA) is 55.4 Å². The number of methoxy groups -OCH3 is 1. The molecule has 0 radical (unpaired) electrons. The zero-order chi connectivity index (χ0) is 18.2. The monoisotopic (exact) mass is 365 g/mol. The van der Waals surface area contributed by atoms with Gasteiger partial charge >= 0.3 is 0 Å². The standard InChI is InChI=1S/C19H24FNO3S/c1-13(2)19(20)12-17(24-3)16(14-7-5-4-6-8-14)11-18(19)21-25(22,23)15-9-10-15/h4-8,11-13,15,18,21H,9-10H2,1-3H3. The summed E-state index contributed by atoms with van der Waals surface area (Å²) in [5.41, 5.74) is -0.302. The molecule has 25 heavy (non-hydrogen) atoms. The zero-order valence-electron chi connectivity index (χ0n) is 14.7. The second kappa shape index (κ2) is 6.57. The maximum Gasteiger partial charge on any atom is 0.215 e. The molecular formula is C19H24FNO3S. The summed E-state index contributed by atoms with van der Waals surface area (Å²) >= 11 is 0. The van der Waals surface area contributed by atoms with Crippen molar-refractivity contribution in [1.82, 2.24) is 4.72 Å². The van der Waals surface area contributed by atoms with Gasteiger partial charge in [0.15, 0.2) is 5.67 Å². The minimum Gasteiger partial charge on any atom is -0.496 e. The molecule has 3 rings (SSSR count). The minimum atomic E-state index is -3.53. The predicted molar refractivity (Wildman–Crippen MR) is 97.1 cm³/mol. The van der Waals surface area contributed by atoms with Crippen molar-refractivity contribution in [2.45, 2.75) is 43.6 Å². The van der Waals surface area contributed by atoms with E-state index in [0.29, 0.717) is 24.2 Å². The van der Waals surface area contributed by atoms with Crippen LogP contribution in [-0.4, -0.2) is 32.5 Å². The SMILES string of the molecule is COC1=CC(F)(C(C)C)C(NS(=O)(=O)C2CC2)C=C1c1ccccc1. The van der Waals surface area contributed by atoms with E-state index in [1.54, 1.807) is 19.9 Å². The number of hydrogen-bond donors (Lipinski definition) is 1. The third kappa shape index (κ3) is 3.51. The molecule has 1 aromatic rings. The van der Waals surface area contributed by atoms with E-state index in [-0.39, 0.29) is 0 Å². The molecule has 0 amide bonds. The molecule has 1 fully saturated rings. The van der Waals surface area contributed by atoms with E-state index in [9.17, 15) is 8.42 Å². The fraction of sp³-hybridized carbons (Fsp3) is 0.474. The van der Waals surface area contributed by atoms with Crippen LogP contribution in [0.3, 0.4) is 0 Å². The van der Waals surface area contributed by atoms with Crippen LogP contribution >= 0.6 is 0 Å². The van der Waals surface area contributed by atoms with Crippen molar-refractivity contribution in [3.05, 3.63) is 53.8 Å². The number of allylic oxidation sites excluding steroid dienone is 1. The first-order valence-corrected chi connectivity index (χ1v) is 10.1. The number of nitrogens with one attached hydrogen (secondary N) is 1. The Morgan fingerprint density at radius 2 is 1.88 bits per heavy atom. The maximum absolute atomic E-state index is 15.8. The average Bonchev–Trinajstić information content (AvgIpc) is 3.42. The lowest BCUT2D eigenvalue weighted by atomic mass is 9.79. The third-order valence-corrected chi connectivity index (χ3v) is 6.80. The van der Waals surface area contributed by atoms with Crippen LogP contribution in [0.2, 0.25) is 0 Å². The second-order valence-corrected chi connectivity index (χ2v) is 8.97. The van der Waals surface area contributed by atoms with E-state index >= 15 is 4.39 Å². The smallest absolute Gasteiger partial charge is 0.215 e. The summed E-state index contributed by atoms with van der Waals surface area (Å²) in [6, 6.07) is 8.48. The van der Waals surface area contributed by atoms with Crippen LogP contribution in [0.15, 0.2) is 48.2 Å². The lowest BCUT2D eigenvalue weighted by molar-refractivity contribution is 0.125. The van der Waals surface area contributed by atoms with Gasteiger partial charge in [0.1, 0.15) is 5.76 Å². The van der Waals surface area contributed by atoms with Crippen LogP contribution in [0.5, 0.6) is 0 Å². The van der Waals surface area contributed by atoms with Gasteiger partial charge in [-0.2, -0.15) is 0 Å². The summed E-state index contributed by atoms with van der Waals surface area (Å²) in [6.45, 7) is 3.48. The quantitative estimate of drug-likeness (QED) is 0.840.